The Hall–Kier alpha value is -2.91. The van der Waals surface area contributed by atoms with E-state index in [1.807, 2.05) is 91.0 Å². The van der Waals surface area contributed by atoms with Crippen LogP contribution in [0.1, 0.15) is 23.5 Å². The first-order valence-corrected chi connectivity index (χ1v) is 7.98. The monoisotopic (exact) mass is 315 g/mol. The quantitative estimate of drug-likeness (QED) is 0.712. The van der Waals surface area contributed by atoms with E-state index >= 15 is 0 Å². The Morgan fingerprint density at radius 3 is 1.75 bits per heavy atom. The van der Waals surface area contributed by atoms with Gasteiger partial charge in [0, 0.05) is 11.3 Å². The Morgan fingerprint density at radius 1 is 0.667 bits per heavy atom. The number of ether oxygens (including phenoxy) is 1. The molecule has 0 aromatic heterocycles. The highest BCUT2D eigenvalue weighted by atomic mass is 16.5. The first kappa shape index (κ1) is 14.7. The van der Waals surface area contributed by atoms with E-state index < -0.39 is 12.3 Å². The number of benzene rings is 3. The Balaban J connectivity index is 1.77. The van der Waals surface area contributed by atoms with Gasteiger partial charge in [-0.25, -0.2) is 0 Å². The largest absolute Gasteiger partial charge is 0.336 e. The molecule has 1 fully saturated rings. The summed E-state index contributed by atoms with van der Waals surface area (Å²) in [6, 6.07) is 29.2. The molecule has 0 radical (unpaired) electrons. The number of carbonyl (C=O) groups excluding carboxylic acids is 1. The molecular formula is C21H17NO2. The molecule has 1 aliphatic rings. The lowest BCUT2D eigenvalue weighted by Gasteiger charge is -2.23. The van der Waals surface area contributed by atoms with Crippen LogP contribution in [0.2, 0.25) is 0 Å². The lowest BCUT2D eigenvalue weighted by atomic mass is 10.1. The van der Waals surface area contributed by atoms with E-state index in [1.54, 1.807) is 4.90 Å². The van der Waals surface area contributed by atoms with Gasteiger partial charge in [0.1, 0.15) is 0 Å². The van der Waals surface area contributed by atoms with Crippen LogP contribution in [0.3, 0.4) is 0 Å². The third-order valence-electron chi connectivity index (χ3n) is 4.18. The van der Waals surface area contributed by atoms with E-state index in [4.69, 9.17) is 4.74 Å². The number of hydrogen-bond donors (Lipinski definition) is 0. The summed E-state index contributed by atoms with van der Waals surface area (Å²) in [7, 11) is 0. The number of hydrogen-bond acceptors (Lipinski definition) is 2. The molecule has 1 amide bonds. The maximum atomic E-state index is 13.1. The van der Waals surface area contributed by atoms with E-state index in [-0.39, 0.29) is 5.91 Å². The molecule has 1 saturated heterocycles. The van der Waals surface area contributed by atoms with E-state index in [9.17, 15) is 4.79 Å². The molecule has 3 nitrogen and oxygen atoms in total. The highest BCUT2D eigenvalue weighted by molar-refractivity contribution is 5.99. The summed E-state index contributed by atoms with van der Waals surface area (Å²) >= 11 is 0. The molecule has 3 aromatic carbocycles. The summed E-state index contributed by atoms with van der Waals surface area (Å²) in [5, 5.41) is 0. The SMILES string of the molecule is O=C1[C@H](c2ccccc2)O[C@@H](c2ccccc2)N1c1ccccc1. The van der Waals surface area contributed by atoms with Gasteiger partial charge in [-0.15, -0.1) is 0 Å². The van der Waals surface area contributed by atoms with Gasteiger partial charge in [-0.05, 0) is 17.7 Å². The summed E-state index contributed by atoms with van der Waals surface area (Å²) in [6.45, 7) is 0. The van der Waals surface area contributed by atoms with E-state index in [2.05, 4.69) is 0 Å². The lowest BCUT2D eigenvalue weighted by Crippen LogP contribution is -2.28. The third kappa shape index (κ3) is 2.59. The topological polar surface area (TPSA) is 29.5 Å². The van der Waals surface area contributed by atoms with Gasteiger partial charge in [0.15, 0.2) is 12.3 Å². The second-order valence-corrected chi connectivity index (χ2v) is 5.73. The summed E-state index contributed by atoms with van der Waals surface area (Å²) in [4.78, 5) is 14.8. The molecule has 0 unspecified atom stereocenters. The van der Waals surface area contributed by atoms with Crippen LogP contribution in [0.15, 0.2) is 91.0 Å². The number of nitrogens with zero attached hydrogens (tertiary/aromatic N) is 1. The Labute approximate surface area is 141 Å². The zero-order chi connectivity index (χ0) is 16.4. The van der Waals surface area contributed by atoms with Crippen LogP contribution in [0.4, 0.5) is 5.69 Å². The first-order chi connectivity index (χ1) is 11.8. The highest BCUT2D eigenvalue weighted by Gasteiger charge is 2.42. The summed E-state index contributed by atoms with van der Waals surface area (Å²) in [6.07, 6.45) is -1.01. The van der Waals surface area contributed by atoms with Crippen molar-refractivity contribution >= 4 is 11.6 Å². The van der Waals surface area contributed by atoms with E-state index in [0.29, 0.717) is 0 Å². The van der Waals surface area contributed by atoms with Gasteiger partial charge in [-0.2, -0.15) is 0 Å². The van der Waals surface area contributed by atoms with Crippen molar-refractivity contribution in [2.24, 2.45) is 0 Å². The van der Waals surface area contributed by atoms with Gasteiger partial charge in [-0.3, -0.25) is 9.69 Å². The molecule has 1 heterocycles. The number of anilines is 1. The van der Waals surface area contributed by atoms with Gasteiger partial charge >= 0.3 is 0 Å². The molecule has 0 aliphatic carbocycles. The number of rotatable bonds is 3. The van der Waals surface area contributed by atoms with Crippen LogP contribution >= 0.6 is 0 Å². The molecule has 0 saturated carbocycles. The van der Waals surface area contributed by atoms with Crippen molar-refractivity contribution in [3.63, 3.8) is 0 Å². The fourth-order valence-electron chi connectivity index (χ4n) is 3.04. The van der Waals surface area contributed by atoms with Gasteiger partial charge in [0.05, 0.1) is 0 Å². The molecule has 0 spiro atoms. The van der Waals surface area contributed by atoms with Gasteiger partial charge < -0.3 is 4.74 Å². The minimum absolute atomic E-state index is 0.0405. The van der Waals surface area contributed by atoms with Crippen LogP contribution in [-0.4, -0.2) is 5.91 Å². The van der Waals surface area contributed by atoms with Crippen LogP contribution in [0.5, 0.6) is 0 Å². The normalized spacial score (nSPS) is 20.3. The van der Waals surface area contributed by atoms with E-state index in [0.717, 1.165) is 16.8 Å². The van der Waals surface area contributed by atoms with Crippen molar-refractivity contribution in [3.8, 4) is 0 Å². The van der Waals surface area contributed by atoms with Crippen LogP contribution in [0, 0.1) is 0 Å². The van der Waals surface area contributed by atoms with Crippen LogP contribution in [-0.2, 0) is 9.53 Å². The maximum absolute atomic E-state index is 13.1. The first-order valence-electron chi connectivity index (χ1n) is 7.98. The number of amides is 1. The Morgan fingerprint density at radius 2 is 1.17 bits per heavy atom. The average molecular weight is 315 g/mol. The molecule has 24 heavy (non-hydrogen) atoms. The predicted octanol–water partition coefficient (Wildman–Crippen LogP) is 4.49. The zero-order valence-electron chi connectivity index (χ0n) is 13.1. The molecule has 3 heteroatoms. The van der Waals surface area contributed by atoms with Crippen LogP contribution < -0.4 is 4.90 Å². The third-order valence-corrected chi connectivity index (χ3v) is 4.18. The second kappa shape index (κ2) is 6.30. The number of para-hydroxylation sites is 1. The van der Waals surface area contributed by atoms with Crippen molar-refractivity contribution in [1.29, 1.82) is 0 Å². The zero-order valence-corrected chi connectivity index (χ0v) is 13.1. The minimum Gasteiger partial charge on any atom is -0.336 e. The molecule has 4 rings (SSSR count). The molecule has 0 N–H and O–H groups in total. The van der Waals surface area contributed by atoms with Gasteiger partial charge in [0.2, 0.25) is 0 Å². The molecule has 2 atom stereocenters. The lowest BCUT2D eigenvalue weighted by molar-refractivity contribution is -0.122. The molecular weight excluding hydrogens is 298 g/mol. The molecule has 118 valence electrons. The summed E-state index contributed by atoms with van der Waals surface area (Å²) in [5.41, 5.74) is 2.68. The summed E-state index contributed by atoms with van der Waals surface area (Å²) in [5.74, 6) is -0.0405. The Kier molecular flexibility index (Phi) is 3.85. The van der Waals surface area contributed by atoms with Crippen molar-refractivity contribution in [2.45, 2.75) is 12.3 Å². The van der Waals surface area contributed by atoms with Crippen molar-refractivity contribution in [1.82, 2.24) is 0 Å². The molecule has 3 aromatic rings. The standard InChI is InChI=1S/C21H17NO2/c23-20-19(16-10-4-1-5-11-16)24-21(17-12-6-2-7-13-17)22(20)18-14-8-3-9-15-18/h1-15,19,21H/t19-,21-/m0/s1. The van der Waals surface area contributed by atoms with Crippen molar-refractivity contribution in [2.75, 3.05) is 4.90 Å². The Bertz CT molecular complexity index is 818. The van der Waals surface area contributed by atoms with Gasteiger partial charge in [-0.1, -0.05) is 78.9 Å². The summed E-state index contributed by atoms with van der Waals surface area (Å²) < 4.78 is 6.19. The highest BCUT2D eigenvalue weighted by Crippen LogP contribution is 2.41. The van der Waals surface area contributed by atoms with Crippen molar-refractivity contribution < 1.29 is 9.53 Å². The fourth-order valence-corrected chi connectivity index (χ4v) is 3.04. The van der Waals surface area contributed by atoms with Gasteiger partial charge in [0.25, 0.3) is 5.91 Å². The minimum atomic E-state index is -0.586. The van der Waals surface area contributed by atoms with Crippen LogP contribution in [0.25, 0.3) is 0 Å². The van der Waals surface area contributed by atoms with E-state index in [1.165, 1.54) is 0 Å². The molecule has 1 aliphatic heterocycles. The smallest absolute Gasteiger partial charge is 0.263 e. The number of carbonyl (C=O) groups is 1. The average Bonchev–Trinajstić information content (AvgIpc) is 3.01. The fraction of sp³-hybridized carbons (Fsp3) is 0.0952. The second-order valence-electron chi connectivity index (χ2n) is 5.73. The molecule has 0 bridgehead atoms. The maximum Gasteiger partial charge on any atom is 0.263 e. The van der Waals surface area contributed by atoms with Crippen molar-refractivity contribution in [3.05, 3.63) is 102 Å². The predicted molar refractivity (Wildman–Crippen MR) is 93.4 cm³/mol.